The van der Waals surface area contributed by atoms with Crippen molar-refractivity contribution in [2.45, 2.75) is 25.6 Å². The zero-order valence-electron chi connectivity index (χ0n) is 9.71. The van der Waals surface area contributed by atoms with Gasteiger partial charge in [-0.3, -0.25) is 0 Å². The van der Waals surface area contributed by atoms with E-state index in [4.69, 9.17) is 9.47 Å². The maximum atomic E-state index is 5.89. The molecule has 1 saturated heterocycles. The van der Waals surface area contributed by atoms with Gasteiger partial charge in [-0.05, 0) is 19.4 Å². The van der Waals surface area contributed by atoms with Gasteiger partial charge in [0.25, 0.3) is 0 Å². The predicted octanol–water partition coefficient (Wildman–Crippen LogP) is 1.55. The van der Waals surface area contributed by atoms with Gasteiger partial charge in [-0.25, -0.2) is 0 Å². The van der Waals surface area contributed by atoms with E-state index in [1.165, 1.54) is 0 Å². The minimum absolute atomic E-state index is 0.0139. The molecule has 1 saturated carbocycles. The van der Waals surface area contributed by atoms with Crippen molar-refractivity contribution in [1.29, 1.82) is 0 Å². The molecule has 1 N–H and O–H groups in total. The quantitative estimate of drug-likeness (QED) is 0.718. The van der Waals surface area contributed by atoms with Crippen LogP contribution in [0.2, 0.25) is 0 Å². The van der Waals surface area contributed by atoms with Crippen LogP contribution in [0.5, 0.6) is 0 Å². The first-order valence-electron chi connectivity index (χ1n) is 5.73. The molecule has 1 aliphatic heterocycles. The van der Waals surface area contributed by atoms with Crippen molar-refractivity contribution < 1.29 is 9.47 Å². The van der Waals surface area contributed by atoms with Gasteiger partial charge in [0.15, 0.2) is 5.79 Å². The molecule has 2 rings (SSSR count). The van der Waals surface area contributed by atoms with Crippen LogP contribution < -0.4 is 5.32 Å². The Hall–Kier alpha value is -0.380. The van der Waals surface area contributed by atoms with Crippen LogP contribution in [-0.2, 0) is 9.47 Å². The summed E-state index contributed by atoms with van der Waals surface area (Å²) in [6.45, 7) is 8.54. The molecular formula is C12H21NO2. The Morgan fingerprint density at radius 2 is 2.13 bits per heavy atom. The summed E-state index contributed by atoms with van der Waals surface area (Å²) < 4.78 is 11.8. The molecule has 0 amide bonds. The average molecular weight is 211 g/mol. The molecule has 0 unspecified atom stereocenters. The fraction of sp³-hybridized carbons (Fsp3) is 0.833. The number of nitrogens with one attached hydrogen (secondary N) is 1. The minimum atomic E-state index is -0.366. The summed E-state index contributed by atoms with van der Waals surface area (Å²) in [5.74, 6) is 0.109. The van der Waals surface area contributed by atoms with Gasteiger partial charge < -0.3 is 14.8 Å². The van der Waals surface area contributed by atoms with E-state index in [0.29, 0.717) is 5.92 Å². The standard InChI is InChI=1S/C12H21NO2/c1-4-10-5-6-12(14-7-8-15-12)11(10,2)9-13-3/h4,10,13H,1,5-9H2,2-3H3/t10-,11+/m1/s1. The molecule has 1 spiro atoms. The normalized spacial score (nSPS) is 38.7. The van der Waals surface area contributed by atoms with Crippen molar-refractivity contribution in [2.75, 3.05) is 26.8 Å². The van der Waals surface area contributed by atoms with Crippen LogP contribution in [0, 0.1) is 11.3 Å². The molecule has 2 atom stereocenters. The van der Waals surface area contributed by atoms with Gasteiger partial charge >= 0.3 is 0 Å². The molecule has 2 fully saturated rings. The molecule has 1 aliphatic carbocycles. The van der Waals surface area contributed by atoms with Crippen molar-refractivity contribution in [2.24, 2.45) is 11.3 Å². The van der Waals surface area contributed by atoms with Crippen LogP contribution in [-0.4, -0.2) is 32.6 Å². The molecule has 2 aliphatic rings. The van der Waals surface area contributed by atoms with Crippen LogP contribution in [0.1, 0.15) is 19.8 Å². The zero-order valence-corrected chi connectivity index (χ0v) is 9.71. The minimum Gasteiger partial charge on any atom is -0.347 e. The highest BCUT2D eigenvalue weighted by Crippen LogP contribution is 2.54. The Morgan fingerprint density at radius 3 is 2.67 bits per heavy atom. The van der Waals surface area contributed by atoms with E-state index in [0.717, 1.165) is 32.6 Å². The fourth-order valence-corrected chi connectivity index (χ4v) is 3.17. The van der Waals surface area contributed by atoms with Gasteiger partial charge in [-0.1, -0.05) is 13.0 Å². The topological polar surface area (TPSA) is 30.5 Å². The SMILES string of the molecule is C=C[C@@H]1CCC2(OCCO2)[C@@]1(C)CNC. The lowest BCUT2D eigenvalue weighted by molar-refractivity contribution is -0.219. The number of hydrogen-bond acceptors (Lipinski definition) is 3. The van der Waals surface area contributed by atoms with Crippen LogP contribution in [0.15, 0.2) is 12.7 Å². The van der Waals surface area contributed by atoms with E-state index in [1.54, 1.807) is 0 Å². The molecule has 0 aromatic rings. The number of hydrogen-bond donors (Lipinski definition) is 1. The molecule has 0 aromatic carbocycles. The number of rotatable bonds is 3. The van der Waals surface area contributed by atoms with Crippen LogP contribution in [0.3, 0.4) is 0 Å². The van der Waals surface area contributed by atoms with Crippen molar-refractivity contribution in [1.82, 2.24) is 5.32 Å². The van der Waals surface area contributed by atoms with Gasteiger partial charge in [-0.2, -0.15) is 0 Å². The Bertz CT molecular complexity index is 248. The summed E-state index contributed by atoms with van der Waals surface area (Å²) in [4.78, 5) is 0. The smallest absolute Gasteiger partial charge is 0.175 e. The van der Waals surface area contributed by atoms with E-state index >= 15 is 0 Å². The lowest BCUT2D eigenvalue weighted by atomic mass is 9.76. The van der Waals surface area contributed by atoms with E-state index < -0.39 is 0 Å². The van der Waals surface area contributed by atoms with E-state index in [9.17, 15) is 0 Å². The summed E-state index contributed by atoms with van der Waals surface area (Å²) in [6.07, 6.45) is 4.15. The van der Waals surface area contributed by atoms with Crippen LogP contribution >= 0.6 is 0 Å². The molecule has 0 aromatic heterocycles. The summed E-state index contributed by atoms with van der Waals surface area (Å²) in [6, 6.07) is 0. The lowest BCUT2D eigenvalue weighted by Crippen LogP contribution is -2.51. The summed E-state index contributed by atoms with van der Waals surface area (Å²) >= 11 is 0. The van der Waals surface area contributed by atoms with Gasteiger partial charge in [-0.15, -0.1) is 6.58 Å². The second kappa shape index (κ2) is 3.89. The van der Waals surface area contributed by atoms with E-state index in [-0.39, 0.29) is 11.2 Å². The molecule has 3 heteroatoms. The third-order valence-corrected chi connectivity index (χ3v) is 4.06. The third-order valence-electron chi connectivity index (χ3n) is 4.06. The maximum absolute atomic E-state index is 5.89. The lowest BCUT2D eigenvalue weighted by Gasteiger charge is -2.41. The van der Waals surface area contributed by atoms with Crippen molar-refractivity contribution in [3.05, 3.63) is 12.7 Å². The molecule has 1 heterocycles. The first-order chi connectivity index (χ1) is 7.18. The first kappa shape index (κ1) is 11.1. The third kappa shape index (κ3) is 1.45. The van der Waals surface area contributed by atoms with Crippen LogP contribution in [0.4, 0.5) is 0 Å². The van der Waals surface area contributed by atoms with Crippen LogP contribution in [0.25, 0.3) is 0 Å². The molecule has 15 heavy (non-hydrogen) atoms. The molecule has 3 nitrogen and oxygen atoms in total. The zero-order chi connectivity index (χ0) is 10.9. The van der Waals surface area contributed by atoms with Crippen molar-refractivity contribution >= 4 is 0 Å². The second-order valence-electron chi connectivity index (χ2n) is 4.78. The summed E-state index contributed by atoms with van der Waals surface area (Å²) in [7, 11) is 1.98. The molecular weight excluding hydrogens is 190 g/mol. The van der Waals surface area contributed by atoms with Crippen molar-refractivity contribution in [3.63, 3.8) is 0 Å². The molecule has 86 valence electrons. The summed E-state index contributed by atoms with van der Waals surface area (Å²) in [5.41, 5.74) is 0.0139. The average Bonchev–Trinajstić information content (AvgIpc) is 2.77. The predicted molar refractivity (Wildman–Crippen MR) is 59.6 cm³/mol. The van der Waals surface area contributed by atoms with Gasteiger partial charge in [0.1, 0.15) is 0 Å². The number of allylic oxidation sites excluding steroid dienone is 1. The number of ether oxygens (including phenoxy) is 2. The summed E-state index contributed by atoms with van der Waals surface area (Å²) in [5, 5.41) is 3.26. The highest BCUT2D eigenvalue weighted by atomic mass is 16.7. The monoisotopic (exact) mass is 211 g/mol. The van der Waals surface area contributed by atoms with Gasteiger partial charge in [0.2, 0.25) is 0 Å². The maximum Gasteiger partial charge on any atom is 0.175 e. The second-order valence-corrected chi connectivity index (χ2v) is 4.78. The molecule has 0 radical (unpaired) electrons. The Labute approximate surface area is 91.8 Å². The van der Waals surface area contributed by atoms with Gasteiger partial charge in [0.05, 0.1) is 13.2 Å². The fourth-order valence-electron chi connectivity index (χ4n) is 3.17. The Balaban J connectivity index is 2.28. The van der Waals surface area contributed by atoms with Crippen molar-refractivity contribution in [3.8, 4) is 0 Å². The van der Waals surface area contributed by atoms with Gasteiger partial charge in [0, 0.05) is 18.4 Å². The highest BCUT2D eigenvalue weighted by molar-refractivity contribution is 5.09. The highest BCUT2D eigenvalue weighted by Gasteiger charge is 2.59. The Kier molecular flexibility index (Phi) is 2.88. The largest absolute Gasteiger partial charge is 0.347 e. The first-order valence-corrected chi connectivity index (χ1v) is 5.73. The van der Waals surface area contributed by atoms with E-state index in [1.807, 2.05) is 7.05 Å². The molecule has 0 bridgehead atoms. The Morgan fingerprint density at radius 1 is 1.47 bits per heavy atom. The van der Waals surface area contributed by atoms with E-state index in [2.05, 4.69) is 24.9 Å².